The van der Waals surface area contributed by atoms with Crippen LogP contribution in [-0.2, 0) is 11.0 Å². The lowest BCUT2D eigenvalue weighted by molar-refractivity contribution is -0.137. The predicted molar refractivity (Wildman–Crippen MR) is 85.4 cm³/mol. The molecule has 2 rings (SSSR count). The zero-order valence-electron chi connectivity index (χ0n) is 12.6. The molecule has 2 N–H and O–H groups in total. The second-order valence-electron chi connectivity index (χ2n) is 5.19. The second kappa shape index (κ2) is 7.14. The number of hydrogen-bond donors (Lipinski definition) is 2. The first kappa shape index (κ1) is 17.5. The average Bonchev–Trinajstić information content (AvgIpc) is 3.01. The van der Waals surface area contributed by atoms with Crippen molar-refractivity contribution in [3.8, 4) is 0 Å². The van der Waals surface area contributed by atoms with E-state index in [4.69, 9.17) is 0 Å². The van der Waals surface area contributed by atoms with Gasteiger partial charge in [0.25, 0.3) is 0 Å². The van der Waals surface area contributed by atoms with Crippen LogP contribution in [0.5, 0.6) is 0 Å². The van der Waals surface area contributed by atoms with E-state index in [1.165, 1.54) is 12.1 Å². The minimum atomic E-state index is -4.38. The van der Waals surface area contributed by atoms with Gasteiger partial charge in [-0.15, -0.1) is 11.3 Å². The van der Waals surface area contributed by atoms with Gasteiger partial charge in [0.1, 0.15) is 0 Å². The standard InChI is InChI=1S/C16H17F3N2OS/c1-10(14-4-3-9-23-14)20-11(2)15(22)21-13-7-5-12(6-8-13)16(17,18)19/h3-11,20H,1-2H3,(H,21,22). The topological polar surface area (TPSA) is 41.1 Å². The number of rotatable bonds is 5. The second-order valence-corrected chi connectivity index (χ2v) is 6.17. The molecule has 2 atom stereocenters. The van der Waals surface area contributed by atoms with Gasteiger partial charge in [-0.05, 0) is 49.6 Å². The van der Waals surface area contributed by atoms with Crippen molar-refractivity contribution < 1.29 is 18.0 Å². The van der Waals surface area contributed by atoms with Gasteiger partial charge in [-0.25, -0.2) is 0 Å². The van der Waals surface area contributed by atoms with Gasteiger partial charge in [0.15, 0.2) is 0 Å². The van der Waals surface area contributed by atoms with Gasteiger partial charge in [0.05, 0.1) is 11.6 Å². The van der Waals surface area contributed by atoms with Crippen molar-refractivity contribution >= 4 is 22.9 Å². The molecular formula is C16H17F3N2OS. The van der Waals surface area contributed by atoms with Crippen LogP contribution in [-0.4, -0.2) is 11.9 Å². The Morgan fingerprint density at radius 2 is 1.78 bits per heavy atom. The lowest BCUT2D eigenvalue weighted by Crippen LogP contribution is -2.39. The number of amides is 1. The average molecular weight is 342 g/mol. The molecule has 1 amide bonds. The van der Waals surface area contributed by atoms with E-state index in [1.54, 1.807) is 18.3 Å². The van der Waals surface area contributed by atoms with E-state index in [-0.39, 0.29) is 11.9 Å². The molecule has 1 aromatic carbocycles. The minimum absolute atomic E-state index is 0.0170. The fourth-order valence-electron chi connectivity index (χ4n) is 2.06. The molecule has 0 aliphatic carbocycles. The smallest absolute Gasteiger partial charge is 0.325 e. The maximum absolute atomic E-state index is 12.5. The van der Waals surface area contributed by atoms with E-state index in [2.05, 4.69) is 10.6 Å². The van der Waals surface area contributed by atoms with Crippen LogP contribution in [0.1, 0.15) is 30.3 Å². The molecule has 1 aromatic heterocycles. The van der Waals surface area contributed by atoms with Gasteiger partial charge in [0, 0.05) is 16.6 Å². The fourth-order valence-corrected chi connectivity index (χ4v) is 2.81. The first-order chi connectivity index (χ1) is 10.8. The number of nitrogens with one attached hydrogen (secondary N) is 2. The third-order valence-electron chi connectivity index (χ3n) is 3.34. The Morgan fingerprint density at radius 1 is 1.13 bits per heavy atom. The summed E-state index contributed by atoms with van der Waals surface area (Å²) < 4.78 is 37.5. The maximum atomic E-state index is 12.5. The summed E-state index contributed by atoms with van der Waals surface area (Å²) in [6.07, 6.45) is -4.38. The zero-order chi connectivity index (χ0) is 17.0. The van der Waals surface area contributed by atoms with Crippen LogP contribution < -0.4 is 10.6 Å². The molecule has 0 bridgehead atoms. The SMILES string of the molecule is CC(NC(C)c1cccs1)C(=O)Nc1ccc(C(F)(F)F)cc1. The van der Waals surface area contributed by atoms with Crippen molar-refractivity contribution in [2.24, 2.45) is 0 Å². The van der Waals surface area contributed by atoms with Crippen LogP contribution >= 0.6 is 11.3 Å². The van der Waals surface area contributed by atoms with E-state index in [0.29, 0.717) is 5.69 Å². The molecule has 124 valence electrons. The Kier molecular flexibility index (Phi) is 5.43. The summed E-state index contributed by atoms with van der Waals surface area (Å²) in [6.45, 7) is 3.66. The van der Waals surface area contributed by atoms with Crippen LogP contribution in [0.3, 0.4) is 0 Å². The first-order valence-electron chi connectivity index (χ1n) is 7.05. The molecule has 0 spiro atoms. The number of carbonyl (C=O) groups is 1. The summed E-state index contributed by atoms with van der Waals surface area (Å²) in [6, 6.07) is 7.84. The molecule has 0 aliphatic heterocycles. The minimum Gasteiger partial charge on any atom is -0.325 e. The van der Waals surface area contributed by atoms with Gasteiger partial charge in [-0.3, -0.25) is 10.1 Å². The summed E-state index contributed by atoms with van der Waals surface area (Å²) in [4.78, 5) is 13.2. The fraction of sp³-hybridized carbons (Fsp3) is 0.312. The van der Waals surface area contributed by atoms with Crippen molar-refractivity contribution in [1.82, 2.24) is 5.32 Å². The number of anilines is 1. The highest BCUT2D eigenvalue weighted by atomic mass is 32.1. The zero-order valence-corrected chi connectivity index (χ0v) is 13.5. The molecule has 0 aliphatic rings. The third kappa shape index (κ3) is 4.80. The summed E-state index contributed by atoms with van der Waals surface area (Å²) >= 11 is 1.59. The van der Waals surface area contributed by atoms with Gasteiger partial charge in [0.2, 0.25) is 5.91 Å². The lowest BCUT2D eigenvalue weighted by Gasteiger charge is -2.19. The molecule has 23 heavy (non-hydrogen) atoms. The number of thiophene rings is 1. The highest BCUT2D eigenvalue weighted by Gasteiger charge is 2.30. The normalized spacial score (nSPS) is 14.3. The van der Waals surface area contributed by atoms with Crippen LogP contribution in [0.15, 0.2) is 41.8 Å². The lowest BCUT2D eigenvalue weighted by atomic mass is 10.2. The molecule has 2 unspecified atom stereocenters. The molecule has 3 nitrogen and oxygen atoms in total. The van der Waals surface area contributed by atoms with E-state index in [1.807, 2.05) is 24.4 Å². The number of alkyl halides is 3. The Balaban J connectivity index is 1.93. The van der Waals surface area contributed by atoms with Crippen LogP contribution in [0.4, 0.5) is 18.9 Å². The third-order valence-corrected chi connectivity index (χ3v) is 4.40. The van der Waals surface area contributed by atoms with Crippen molar-refractivity contribution in [2.45, 2.75) is 32.1 Å². The summed E-state index contributed by atoms with van der Waals surface area (Å²) in [5.41, 5.74) is -0.409. The molecule has 2 aromatic rings. The Bertz CT molecular complexity index is 638. The highest BCUT2D eigenvalue weighted by molar-refractivity contribution is 7.10. The van der Waals surface area contributed by atoms with Gasteiger partial charge in [-0.2, -0.15) is 13.2 Å². The number of benzene rings is 1. The predicted octanol–water partition coefficient (Wildman–Crippen LogP) is 4.44. The van der Waals surface area contributed by atoms with E-state index < -0.39 is 17.8 Å². The summed E-state index contributed by atoms with van der Waals surface area (Å²) in [5, 5.41) is 7.72. The van der Waals surface area contributed by atoms with Crippen molar-refractivity contribution in [3.05, 3.63) is 52.2 Å². The molecule has 0 saturated carbocycles. The summed E-state index contributed by atoms with van der Waals surface area (Å²) in [7, 11) is 0. The van der Waals surface area contributed by atoms with Crippen LogP contribution in [0, 0.1) is 0 Å². The molecular weight excluding hydrogens is 325 g/mol. The van der Waals surface area contributed by atoms with Gasteiger partial charge < -0.3 is 5.32 Å². The summed E-state index contributed by atoms with van der Waals surface area (Å²) in [5.74, 6) is -0.298. The molecule has 0 radical (unpaired) electrons. The molecule has 1 heterocycles. The van der Waals surface area contributed by atoms with Crippen LogP contribution in [0.2, 0.25) is 0 Å². The molecule has 7 heteroatoms. The number of carbonyl (C=O) groups excluding carboxylic acids is 1. The monoisotopic (exact) mass is 342 g/mol. The van der Waals surface area contributed by atoms with E-state index in [9.17, 15) is 18.0 Å². The number of hydrogen-bond acceptors (Lipinski definition) is 3. The van der Waals surface area contributed by atoms with Crippen molar-refractivity contribution in [3.63, 3.8) is 0 Å². The van der Waals surface area contributed by atoms with Gasteiger partial charge in [-0.1, -0.05) is 6.07 Å². The first-order valence-corrected chi connectivity index (χ1v) is 7.93. The highest BCUT2D eigenvalue weighted by Crippen LogP contribution is 2.29. The largest absolute Gasteiger partial charge is 0.416 e. The Morgan fingerprint density at radius 3 is 2.30 bits per heavy atom. The van der Waals surface area contributed by atoms with Crippen molar-refractivity contribution in [1.29, 1.82) is 0 Å². The molecule has 0 saturated heterocycles. The van der Waals surface area contributed by atoms with E-state index >= 15 is 0 Å². The van der Waals surface area contributed by atoms with E-state index in [0.717, 1.165) is 17.0 Å². The quantitative estimate of drug-likeness (QED) is 0.843. The van der Waals surface area contributed by atoms with Crippen LogP contribution in [0.25, 0.3) is 0 Å². The van der Waals surface area contributed by atoms with Gasteiger partial charge >= 0.3 is 6.18 Å². The Hall–Kier alpha value is -1.86. The van der Waals surface area contributed by atoms with Crippen molar-refractivity contribution in [2.75, 3.05) is 5.32 Å². The maximum Gasteiger partial charge on any atom is 0.416 e. The molecule has 0 fully saturated rings. The Labute approximate surface area is 136 Å². The number of halogens is 3.